The van der Waals surface area contributed by atoms with Gasteiger partial charge in [0.05, 0.1) is 4.47 Å². The third-order valence-electron chi connectivity index (χ3n) is 2.59. The van der Waals surface area contributed by atoms with E-state index < -0.39 is 23.6 Å². The average Bonchev–Trinajstić information content (AvgIpc) is 2.36. The van der Waals surface area contributed by atoms with Crippen molar-refractivity contribution in [1.82, 2.24) is 0 Å². The zero-order chi connectivity index (χ0) is 14.2. The number of benzene rings is 2. The van der Waals surface area contributed by atoms with Crippen LogP contribution in [0.3, 0.4) is 0 Å². The summed E-state index contributed by atoms with van der Waals surface area (Å²) in [7, 11) is 0. The first-order valence-corrected chi connectivity index (χ1v) is 6.76. The topological polar surface area (TPSA) is 20.2 Å². The zero-order valence-electron chi connectivity index (χ0n) is 9.30. The molecule has 0 radical (unpaired) electrons. The molecule has 0 saturated heterocycles. The third kappa shape index (κ3) is 3.01. The molecular formula is C13H7Br2F3O. The summed E-state index contributed by atoms with van der Waals surface area (Å²) in [6.45, 7) is 0. The molecule has 0 aromatic heterocycles. The monoisotopic (exact) mass is 394 g/mol. The maximum absolute atomic E-state index is 13.7. The third-order valence-corrected chi connectivity index (χ3v) is 3.69. The van der Waals surface area contributed by atoms with E-state index in [0.717, 1.165) is 18.2 Å². The van der Waals surface area contributed by atoms with Crippen LogP contribution >= 0.6 is 31.9 Å². The van der Waals surface area contributed by atoms with E-state index in [2.05, 4.69) is 31.9 Å². The van der Waals surface area contributed by atoms with Crippen molar-refractivity contribution in [1.29, 1.82) is 0 Å². The first-order chi connectivity index (χ1) is 8.90. The molecule has 2 aromatic carbocycles. The summed E-state index contributed by atoms with van der Waals surface area (Å²) >= 11 is 5.96. The van der Waals surface area contributed by atoms with Crippen molar-refractivity contribution in [3.63, 3.8) is 0 Å². The van der Waals surface area contributed by atoms with Crippen molar-refractivity contribution in [3.05, 3.63) is 67.9 Å². The lowest BCUT2D eigenvalue weighted by atomic mass is 10.0. The van der Waals surface area contributed by atoms with Crippen LogP contribution in [0.1, 0.15) is 17.2 Å². The van der Waals surface area contributed by atoms with E-state index in [1.165, 1.54) is 12.1 Å². The van der Waals surface area contributed by atoms with Crippen molar-refractivity contribution in [2.24, 2.45) is 0 Å². The Balaban J connectivity index is 2.52. The lowest BCUT2D eigenvalue weighted by Gasteiger charge is -2.14. The maximum Gasteiger partial charge on any atom is 0.137 e. The minimum absolute atomic E-state index is 0.0596. The molecule has 0 aliphatic heterocycles. The molecule has 19 heavy (non-hydrogen) atoms. The summed E-state index contributed by atoms with van der Waals surface area (Å²) in [6.07, 6.45) is -1.58. The number of halogens is 5. The highest BCUT2D eigenvalue weighted by molar-refractivity contribution is 9.10. The molecule has 1 unspecified atom stereocenters. The van der Waals surface area contributed by atoms with Crippen LogP contribution in [0.4, 0.5) is 13.2 Å². The molecule has 0 amide bonds. The highest BCUT2D eigenvalue weighted by atomic mass is 79.9. The Kier molecular flexibility index (Phi) is 4.32. The predicted molar refractivity (Wildman–Crippen MR) is 72.2 cm³/mol. The normalized spacial score (nSPS) is 12.5. The Labute approximate surface area is 124 Å². The Morgan fingerprint density at radius 3 is 2.16 bits per heavy atom. The van der Waals surface area contributed by atoms with Crippen LogP contribution in [0.2, 0.25) is 0 Å². The summed E-state index contributed by atoms with van der Waals surface area (Å²) in [5.74, 6) is -2.25. The van der Waals surface area contributed by atoms with E-state index in [1.807, 2.05) is 0 Å². The van der Waals surface area contributed by atoms with Crippen molar-refractivity contribution in [2.45, 2.75) is 6.10 Å². The van der Waals surface area contributed by atoms with Crippen LogP contribution in [0.5, 0.6) is 0 Å². The van der Waals surface area contributed by atoms with Crippen LogP contribution in [0.25, 0.3) is 0 Å². The van der Waals surface area contributed by atoms with Gasteiger partial charge in [-0.1, -0.05) is 15.9 Å². The maximum atomic E-state index is 13.7. The second kappa shape index (κ2) is 5.64. The fourth-order valence-electron chi connectivity index (χ4n) is 1.64. The second-order valence-electron chi connectivity index (χ2n) is 3.86. The fourth-order valence-corrected chi connectivity index (χ4v) is 2.33. The van der Waals surface area contributed by atoms with Gasteiger partial charge in [-0.2, -0.15) is 0 Å². The van der Waals surface area contributed by atoms with E-state index >= 15 is 0 Å². The smallest absolute Gasteiger partial charge is 0.137 e. The van der Waals surface area contributed by atoms with Gasteiger partial charge >= 0.3 is 0 Å². The minimum atomic E-state index is -1.58. The van der Waals surface area contributed by atoms with E-state index in [1.54, 1.807) is 0 Å². The van der Waals surface area contributed by atoms with Gasteiger partial charge in [0.1, 0.15) is 23.6 Å². The molecule has 0 aliphatic rings. The number of hydrogen-bond acceptors (Lipinski definition) is 1. The van der Waals surface area contributed by atoms with Crippen LogP contribution in [-0.4, -0.2) is 5.11 Å². The Hall–Kier alpha value is -0.850. The first kappa shape index (κ1) is 14.6. The Morgan fingerprint density at radius 1 is 0.842 bits per heavy atom. The van der Waals surface area contributed by atoms with Crippen LogP contribution in [0, 0.1) is 17.5 Å². The van der Waals surface area contributed by atoms with Gasteiger partial charge in [0, 0.05) is 15.6 Å². The van der Waals surface area contributed by atoms with Gasteiger partial charge in [0.2, 0.25) is 0 Å². The predicted octanol–water partition coefficient (Wildman–Crippen LogP) is 4.71. The molecule has 0 heterocycles. The molecule has 0 spiro atoms. The largest absolute Gasteiger partial charge is 0.383 e. The molecule has 0 bridgehead atoms. The van der Waals surface area contributed by atoms with Gasteiger partial charge in [0.25, 0.3) is 0 Å². The summed E-state index contributed by atoms with van der Waals surface area (Å²) < 4.78 is 41.2. The van der Waals surface area contributed by atoms with Crippen LogP contribution in [-0.2, 0) is 0 Å². The number of aliphatic hydroxyl groups is 1. The van der Waals surface area contributed by atoms with Crippen molar-refractivity contribution < 1.29 is 18.3 Å². The van der Waals surface area contributed by atoms with Crippen molar-refractivity contribution in [2.75, 3.05) is 0 Å². The Morgan fingerprint density at radius 2 is 1.47 bits per heavy atom. The summed E-state index contributed by atoms with van der Waals surface area (Å²) in [5, 5.41) is 10.0. The SMILES string of the molecule is OC(c1cc(Br)ccc1F)c1cc(F)c(Br)cc1F. The molecule has 6 heteroatoms. The van der Waals surface area contributed by atoms with Crippen LogP contribution < -0.4 is 0 Å². The van der Waals surface area contributed by atoms with Gasteiger partial charge in [-0.3, -0.25) is 0 Å². The molecule has 2 rings (SSSR count). The molecule has 1 N–H and O–H groups in total. The van der Waals surface area contributed by atoms with E-state index in [0.29, 0.717) is 4.47 Å². The molecular weight excluding hydrogens is 389 g/mol. The molecule has 100 valence electrons. The molecule has 0 fully saturated rings. The zero-order valence-corrected chi connectivity index (χ0v) is 12.5. The lowest BCUT2D eigenvalue weighted by Crippen LogP contribution is -2.06. The molecule has 1 atom stereocenters. The molecule has 0 aliphatic carbocycles. The van der Waals surface area contributed by atoms with Gasteiger partial charge in [0.15, 0.2) is 0 Å². The number of rotatable bonds is 2. The highest BCUT2D eigenvalue weighted by Gasteiger charge is 2.20. The standard InChI is InChI=1S/C13H7Br2F3O/c14-6-1-2-10(16)7(3-6)13(19)8-4-12(18)9(15)5-11(8)17/h1-5,13,19H. The number of hydrogen-bond donors (Lipinski definition) is 1. The van der Waals surface area contributed by atoms with Crippen LogP contribution in [0.15, 0.2) is 39.3 Å². The van der Waals surface area contributed by atoms with E-state index in [4.69, 9.17) is 0 Å². The van der Waals surface area contributed by atoms with Crippen molar-refractivity contribution >= 4 is 31.9 Å². The molecule has 1 nitrogen and oxygen atoms in total. The van der Waals surface area contributed by atoms with E-state index in [-0.39, 0.29) is 15.6 Å². The Bertz CT molecular complexity index is 632. The summed E-state index contributed by atoms with van der Waals surface area (Å²) in [5.41, 5.74) is -0.451. The number of aliphatic hydroxyl groups excluding tert-OH is 1. The highest BCUT2D eigenvalue weighted by Crippen LogP contribution is 2.31. The second-order valence-corrected chi connectivity index (χ2v) is 5.63. The van der Waals surface area contributed by atoms with Gasteiger partial charge in [-0.05, 0) is 46.3 Å². The summed E-state index contributed by atoms with van der Waals surface area (Å²) in [6, 6.07) is 5.63. The fraction of sp³-hybridized carbons (Fsp3) is 0.0769. The van der Waals surface area contributed by atoms with Gasteiger partial charge in [-0.15, -0.1) is 0 Å². The molecule has 0 saturated carbocycles. The van der Waals surface area contributed by atoms with Gasteiger partial charge < -0.3 is 5.11 Å². The van der Waals surface area contributed by atoms with E-state index in [9.17, 15) is 18.3 Å². The molecule has 2 aromatic rings. The minimum Gasteiger partial charge on any atom is -0.383 e. The summed E-state index contributed by atoms with van der Waals surface area (Å²) in [4.78, 5) is 0. The average molecular weight is 396 g/mol. The quantitative estimate of drug-likeness (QED) is 0.730. The van der Waals surface area contributed by atoms with Gasteiger partial charge in [-0.25, -0.2) is 13.2 Å². The lowest BCUT2D eigenvalue weighted by molar-refractivity contribution is 0.209. The van der Waals surface area contributed by atoms with Crippen molar-refractivity contribution in [3.8, 4) is 0 Å². The first-order valence-electron chi connectivity index (χ1n) is 5.17.